The molecule has 2 atom stereocenters. The van der Waals surface area contributed by atoms with Crippen LogP contribution in [-0.4, -0.2) is 24.8 Å². The van der Waals surface area contributed by atoms with Crippen LogP contribution in [0.1, 0.15) is 31.2 Å². The van der Waals surface area contributed by atoms with Crippen molar-refractivity contribution in [2.75, 3.05) is 11.9 Å². The molecule has 0 saturated carbocycles. The number of hydrogen-bond acceptors (Lipinski definition) is 3. The zero-order valence-electron chi connectivity index (χ0n) is 15.8. The molecule has 148 valence electrons. The molecule has 2 aromatic carbocycles. The molecule has 0 spiro atoms. The highest BCUT2D eigenvalue weighted by atomic mass is 19.1. The van der Waals surface area contributed by atoms with Crippen LogP contribution in [0.4, 0.5) is 19.3 Å². The van der Waals surface area contributed by atoms with Crippen LogP contribution < -0.4 is 10.6 Å². The molecule has 28 heavy (non-hydrogen) atoms. The summed E-state index contributed by atoms with van der Waals surface area (Å²) in [6.07, 6.45) is 3.82. The van der Waals surface area contributed by atoms with Gasteiger partial charge < -0.3 is 10.1 Å². The van der Waals surface area contributed by atoms with E-state index in [2.05, 4.69) is 10.6 Å². The molecule has 2 bridgehead atoms. The molecule has 4 rings (SSSR count). The zero-order valence-corrected chi connectivity index (χ0v) is 15.8. The van der Waals surface area contributed by atoms with E-state index in [-0.39, 0.29) is 5.82 Å². The molecule has 2 heterocycles. The number of piperidine rings is 1. The van der Waals surface area contributed by atoms with Gasteiger partial charge in [0, 0.05) is 17.6 Å². The number of halogens is 2. The van der Waals surface area contributed by atoms with Gasteiger partial charge in [-0.1, -0.05) is 6.07 Å². The van der Waals surface area contributed by atoms with Crippen LogP contribution in [-0.2, 0) is 4.74 Å². The average Bonchev–Trinajstić information content (AvgIpc) is 3.01. The smallest absolute Gasteiger partial charge is 0.411 e. The fourth-order valence-corrected chi connectivity index (χ4v) is 4.33. The quantitative estimate of drug-likeness (QED) is 0.776. The summed E-state index contributed by atoms with van der Waals surface area (Å²) in [6, 6.07) is 9.85. The molecular formula is C22H24F2N2O2. The highest BCUT2D eigenvalue weighted by Gasteiger charge is 2.33. The molecule has 0 aliphatic carbocycles. The molecular weight excluding hydrogens is 362 g/mol. The molecule has 2 aliphatic rings. The van der Waals surface area contributed by atoms with E-state index in [1.807, 2.05) is 0 Å². The van der Waals surface area contributed by atoms with Crippen LogP contribution in [0.5, 0.6) is 0 Å². The van der Waals surface area contributed by atoms with Crippen molar-refractivity contribution >= 4 is 11.8 Å². The molecule has 0 aromatic heterocycles. The van der Waals surface area contributed by atoms with Crippen molar-refractivity contribution in [3.05, 3.63) is 53.6 Å². The molecule has 2 aliphatic heterocycles. The third kappa shape index (κ3) is 4.17. The first-order valence-corrected chi connectivity index (χ1v) is 9.74. The molecule has 1 amide bonds. The maximum absolute atomic E-state index is 13.8. The lowest BCUT2D eigenvalue weighted by Crippen LogP contribution is -2.39. The summed E-state index contributed by atoms with van der Waals surface area (Å²) in [5.41, 5.74) is 2.10. The Kier molecular flexibility index (Phi) is 5.31. The Morgan fingerprint density at radius 1 is 1.14 bits per heavy atom. The van der Waals surface area contributed by atoms with Gasteiger partial charge in [0.2, 0.25) is 0 Å². The van der Waals surface area contributed by atoms with Crippen molar-refractivity contribution in [3.8, 4) is 11.1 Å². The fraction of sp³-hybridized carbons (Fsp3) is 0.409. The predicted molar refractivity (Wildman–Crippen MR) is 104 cm³/mol. The predicted octanol–water partition coefficient (Wildman–Crippen LogP) is 5.02. The second-order valence-electron chi connectivity index (χ2n) is 7.85. The third-order valence-electron chi connectivity index (χ3n) is 5.71. The van der Waals surface area contributed by atoms with Crippen molar-refractivity contribution in [2.24, 2.45) is 5.92 Å². The SMILES string of the molecule is Cc1cc(-c2ccc(F)cc2NC(=O)OCC2CC3CCC(C2)N3)ccc1F. The van der Waals surface area contributed by atoms with Gasteiger partial charge in [0.1, 0.15) is 11.6 Å². The van der Waals surface area contributed by atoms with Gasteiger partial charge >= 0.3 is 6.09 Å². The molecule has 2 saturated heterocycles. The van der Waals surface area contributed by atoms with Gasteiger partial charge in [-0.25, -0.2) is 13.6 Å². The Hall–Kier alpha value is -2.47. The number of benzene rings is 2. The van der Waals surface area contributed by atoms with Gasteiger partial charge in [-0.15, -0.1) is 0 Å². The number of anilines is 1. The number of carbonyl (C=O) groups is 1. The van der Waals surface area contributed by atoms with Gasteiger partial charge in [-0.2, -0.15) is 0 Å². The van der Waals surface area contributed by atoms with E-state index >= 15 is 0 Å². The second kappa shape index (κ2) is 7.87. The van der Waals surface area contributed by atoms with Gasteiger partial charge in [0.05, 0.1) is 12.3 Å². The van der Waals surface area contributed by atoms with Crippen LogP contribution in [0.25, 0.3) is 11.1 Å². The van der Waals surface area contributed by atoms with Crippen molar-refractivity contribution < 1.29 is 18.3 Å². The zero-order chi connectivity index (χ0) is 19.7. The van der Waals surface area contributed by atoms with E-state index < -0.39 is 11.9 Å². The average molecular weight is 386 g/mol. The van der Waals surface area contributed by atoms with Crippen LogP contribution in [0.3, 0.4) is 0 Å². The Labute approximate surface area is 163 Å². The van der Waals surface area contributed by atoms with Crippen LogP contribution in [0, 0.1) is 24.5 Å². The molecule has 2 fully saturated rings. The largest absolute Gasteiger partial charge is 0.449 e. The lowest BCUT2D eigenvalue weighted by Gasteiger charge is -2.28. The van der Waals surface area contributed by atoms with Gasteiger partial charge in [-0.05, 0) is 80.0 Å². The summed E-state index contributed by atoms with van der Waals surface area (Å²) in [7, 11) is 0. The Morgan fingerprint density at radius 2 is 1.89 bits per heavy atom. The second-order valence-corrected chi connectivity index (χ2v) is 7.85. The van der Waals surface area contributed by atoms with E-state index in [9.17, 15) is 13.6 Å². The van der Waals surface area contributed by atoms with Gasteiger partial charge in [0.25, 0.3) is 0 Å². The number of aryl methyl sites for hydroxylation is 1. The first-order valence-electron chi connectivity index (χ1n) is 9.74. The summed E-state index contributed by atoms with van der Waals surface area (Å²) in [5, 5.41) is 6.21. The minimum atomic E-state index is -0.600. The number of fused-ring (bicyclic) bond motifs is 2. The van der Waals surface area contributed by atoms with Crippen molar-refractivity contribution in [1.82, 2.24) is 5.32 Å². The molecule has 2 unspecified atom stereocenters. The minimum absolute atomic E-state index is 0.307. The third-order valence-corrected chi connectivity index (χ3v) is 5.71. The van der Waals surface area contributed by atoms with E-state index in [1.165, 1.54) is 31.0 Å². The summed E-state index contributed by atoms with van der Waals surface area (Å²) < 4.78 is 32.8. The summed E-state index contributed by atoms with van der Waals surface area (Å²) in [4.78, 5) is 12.3. The van der Waals surface area contributed by atoms with Crippen molar-refractivity contribution in [3.63, 3.8) is 0 Å². The number of carbonyl (C=O) groups excluding carboxylic acids is 1. The molecule has 4 nitrogen and oxygen atoms in total. The Morgan fingerprint density at radius 3 is 2.61 bits per heavy atom. The van der Waals surface area contributed by atoms with Crippen LogP contribution in [0.15, 0.2) is 36.4 Å². The topological polar surface area (TPSA) is 50.4 Å². The standard InChI is InChI=1S/C22H24F2N2O2/c1-13-8-15(2-7-20(13)24)19-6-3-16(23)11-21(19)26-22(27)28-12-14-9-17-4-5-18(10-14)25-17/h2-3,6-8,11,14,17-18,25H,4-5,9-10,12H2,1H3,(H,26,27). The van der Waals surface area contributed by atoms with Gasteiger partial charge in [0.15, 0.2) is 0 Å². The maximum atomic E-state index is 13.8. The number of nitrogens with one attached hydrogen (secondary N) is 2. The monoisotopic (exact) mass is 386 g/mol. The first-order chi connectivity index (χ1) is 13.5. The van der Waals surface area contributed by atoms with E-state index in [0.29, 0.717) is 47.0 Å². The first kappa shape index (κ1) is 18.9. The van der Waals surface area contributed by atoms with E-state index in [0.717, 1.165) is 12.8 Å². The lowest BCUT2D eigenvalue weighted by molar-refractivity contribution is 0.122. The molecule has 2 aromatic rings. The number of rotatable bonds is 4. The normalized spacial score (nSPS) is 23.5. The summed E-state index contributed by atoms with van der Waals surface area (Å²) in [6.45, 7) is 2.02. The number of amides is 1. The van der Waals surface area contributed by atoms with Crippen LogP contribution in [0.2, 0.25) is 0 Å². The molecule has 2 N–H and O–H groups in total. The Bertz CT molecular complexity index is 875. The summed E-state index contributed by atoms with van der Waals surface area (Å²) >= 11 is 0. The maximum Gasteiger partial charge on any atom is 0.411 e. The highest BCUT2D eigenvalue weighted by molar-refractivity contribution is 5.91. The lowest BCUT2D eigenvalue weighted by atomic mass is 9.93. The number of ether oxygens (including phenoxy) is 1. The fourth-order valence-electron chi connectivity index (χ4n) is 4.33. The summed E-state index contributed by atoms with van der Waals surface area (Å²) in [5.74, 6) is -0.417. The van der Waals surface area contributed by atoms with Crippen molar-refractivity contribution in [1.29, 1.82) is 0 Å². The van der Waals surface area contributed by atoms with Crippen LogP contribution >= 0.6 is 0 Å². The number of hydrogen-bond donors (Lipinski definition) is 2. The Balaban J connectivity index is 1.44. The molecule has 0 radical (unpaired) electrons. The molecule has 6 heteroatoms. The van der Waals surface area contributed by atoms with E-state index in [4.69, 9.17) is 4.74 Å². The van der Waals surface area contributed by atoms with E-state index in [1.54, 1.807) is 25.1 Å². The minimum Gasteiger partial charge on any atom is -0.449 e. The van der Waals surface area contributed by atoms with Crippen molar-refractivity contribution in [2.45, 2.75) is 44.7 Å². The van der Waals surface area contributed by atoms with Gasteiger partial charge in [-0.3, -0.25) is 5.32 Å². The highest BCUT2D eigenvalue weighted by Crippen LogP contribution is 2.32.